The van der Waals surface area contributed by atoms with Gasteiger partial charge in [-0.15, -0.1) is 0 Å². The lowest BCUT2D eigenvalue weighted by molar-refractivity contribution is -0.136. The van der Waals surface area contributed by atoms with E-state index in [1.165, 1.54) is 5.56 Å². The molecule has 0 unspecified atom stereocenters. The molecule has 1 aliphatic rings. The number of carbonyl (C=O) groups excluding carboxylic acids is 1. The standard InChI is InChI=1S/C21H25N3O3/c1-22(2)15-17-5-10-19(11-6-17)24-14-13-23(21(24)27)18-8-3-16(4-9-18)7-12-20(25)26/h3-6,8-11H,7,12-15H2,1-2H3,(H,25,26). The zero-order valence-corrected chi connectivity index (χ0v) is 15.8. The molecule has 0 aromatic heterocycles. The molecule has 0 aliphatic carbocycles. The van der Waals surface area contributed by atoms with E-state index in [2.05, 4.69) is 17.0 Å². The highest BCUT2D eigenvalue weighted by Gasteiger charge is 2.30. The number of benzene rings is 2. The number of hydrogen-bond acceptors (Lipinski definition) is 3. The van der Waals surface area contributed by atoms with Gasteiger partial charge in [0.2, 0.25) is 0 Å². The Labute approximate surface area is 159 Å². The van der Waals surface area contributed by atoms with Gasteiger partial charge in [0.25, 0.3) is 0 Å². The molecule has 0 bridgehead atoms. The highest BCUT2D eigenvalue weighted by Crippen LogP contribution is 2.26. The molecule has 142 valence electrons. The van der Waals surface area contributed by atoms with Crippen LogP contribution in [0.1, 0.15) is 17.5 Å². The van der Waals surface area contributed by atoms with Crippen molar-refractivity contribution in [3.8, 4) is 0 Å². The molecule has 3 rings (SSSR count). The highest BCUT2D eigenvalue weighted by atomic mass is 16.4. The molecule has 27 heavy (non-hydrogen) atoms. The van der Waals surface area contributed by atoms with E-state index >= 15 is 0 Å². The maximum Gasteiger partial charge on any atom is 0.329 e. The van der Waals surface area contributed by atoms with Gasteiger partial charge < -0.3 is 10.0 Å². The Balaban J connectivity index is 1.66. The van der Waals surface area contributed by atoms with Crippen molar-refractivity contribution in [1.29, 1.82) is 0 Å². The second-order valence-corrected chi connectivity index (χ2v) is 7.05. The van der Waals surface area contributed by atoms with Gasteiger partial charge in [0, 0.05) is 37.4 Å². The number of carboxylic acid groups (broad SMARTS) is 1. The summed E-state index contributed by atoms with van der Waals surface area (Å²) in [5, 5.41) is 8.77. The minimum absolute atomic E-state index is 0.0337. The van der Waals surface area contributed by atoms with Gasteiger partial charge in [0.1, 0.15) is 0 Å². The summed E-state index contributed by atoms with van der Waals surface area (Å²) in [6.07, 6.45) is 0.606. The predicted octanol–water partition coefficient (Wildman–Crippen LogP) is 3.21. The lowest BCUT2D eigenvalue weighted by Gasteiger charge is -2.19. The Morgan fingerprint density at radius 3 is 1.85 bits per heavy atom. The van der Waals surface area contributed by atoms with Crippen molar-refractivity contribution in [3.05, 3.63) is 59.7 Å². The van der Waals surface area contributed by atoms with E-state index in [0.29, 0.717) is 19.5 Å². The normalized spacial score (nSPS) is 14.3. The molecule has 2 aromatic carbocycles. The van der Waals surface area contributed by atoms with Crippen LogP contribution in [0.4, 0.5) is 16.2 Å². The van der Waals surface area contributed by atoms with Crippen molar-refractivity contribution in [2.75, 3.05) is 37.0 Å². The number of anilines is 2. The van der Waals surface area contributed by atoms with E-state index in [0.717, 1.165) is 23.5 Å². The smallest absolute Gasteiger partial charge is 0.329 e. The summed E-state index contributed by atoms with van der Waals surface area (Å²) >= 11 is 0. The van der Waals surface area contributed by atoms with Gasteiger partial charge in [0.15, 0.2) is 0 Å². The number of carbonyl (C=O) groups is 2. The molecule has 1 N–H and O–H groups in total. The second-order valence-electron chi connectivity index (χ2n) is 7.05. The average Bonchev–Trinajstić information content (AvgIpc) is 3.02. The highest BCUT2D eigenvalue weighted by molar-refractivity contribution is 6.06. The Kier molecular flexibility index (Phi) is 5.76. The second kappa shape index (κ2) is 8.22. The van der Waals surface area contributed by atoms with Crippen LogP contribution in [-0.2, 0) is 17.8 Å². The van der Waals surface area contributed by atoms with Gasteiger partial charge in [-0.05, 0) is 55.9 Å². The predicted molar refractivity (Wildman–Crippen MR) is 106 cm³/mol. The first-order valence-electron chi connectivity index (χ1n) is 9.07. The Hall–Kier alpha value is -2.86. The monoisotopic (exact) mass is 367 g/mol. The molecule has 2 aromatic rings. The third-order valence-electron chi connectivity index (χ3n) is 4.63. The summed E-state index contributed by atoms with van der Waals surface area (Å²) in [6, 6.07) is 15.6. The lowest BCUT2D eigenvalue weighted by Crippen LogP contribution is -2.31. The largest absolute Gasteiger partial charge is 0.481 e. The fourth-order valence-corrected chi connectivity index (χ4v) is 3.26. The molecular weight excluding hydrogens is 342 g/mol. The van der Waals surface area contributed by atoms with Crippen LogP contribution in [0.15, 0.2) is 48.5 Å². The van der Waals surface area contributed by atoms with Crippen LogP contribution in [0, 0.1) is 0 Å². The SMILES string of the molecule is CN(C)Cc1ccc(N2CCN(c3ccc(CCC(=O)O)cc3)C2=O)cc1. The summed E-state index contributed by atoms with van der Waals surface area (Å²) < 4.78 is 0. The number of urea groups is 1. The molecule has 1 aliphatic heterocycles. The third kappa shape index (κ3) is 4.65. The van der Waals surface area contributed by atoms with Crippen LogP contribution in [-0.4, -0.2) is 49.2 Å². The molecule has 0 saturated carbocycles. The van der Waals surface area contributed by atoms with Gasteiger partial charge in [-0.3, -0.25) is 14.6 Å². The van der Waals surface area contributed by atoms with Crippen molar-refractivity contribution in [2.24, 2.45) is 0 Å². The van der Waals surface area contributed by atoms with Crippen molar-refractivity contribution in [2.45, 2.75) is 19.4 Å². The average molecular weight is 367 g/mol. The molecule has 1 heterocycles. The summed E-state index contributed by atoms with van der Waals surface area (Å²) in [5.41, 5.74) is 3.92. The van der Waals surface area contributed by atoms with E-state index in [4.69, 9.17) is 5.11 Å². The number of hydrogen-bond donors (Lipinski definition) is 1. The fraction of sp³-hybridized carbons (Fsp3) is 0.333. The maximum absolute atomic E-state index is 12.8. The quantitative estimate of drug-likeness (QED) is 0.816. The van der Waals surface area contributed by atoms with E-state index < -0.39 is 5.97 Å². The molecule has 1 saturated heterocycles. The summed E-state index contributed by atoms with van der Waals surface area (Å²) in [5.74, 6) is -0.805. The van der Waals surface area contributed by atoms with Crippen molar-refractivity contribution in [3.63, 3.8) is 0 Å². The number of amides is 2. The molecule has 6 heteroatoms. The van der Waals surface area contributed by atoms with Crippen LogP contribution >= 0.6 is 0 Å². The van der Waals surface area contributed by atoms with Gasteiger partial charge in [-0.2, -0.15) is 0 Å². The van der Waals surface area contributed by atoms with Crippen LogP contribution in [0.2, 0.25) is 0 Å². The fourth-order valence-electron chi connectivity index (χ4n) is 3.26. The van der Waals surface area contributed by atoms with E-state index in [1.807, 2.05) is 50.5 Å². The summed E-state index contributed by atoms with van der Waals surface area (Å²) in [7, 11) is 4.06. The minimum atomic E-state index is -0.805. The van der Waals surface area contributed by atoms with E-state index in [-0.39, 0.29) is 12.5 Å². The molecule has 2 amide bonds. The van der Waals surface area contributed by atoms with E-state index in [9.17, 15) is 9.59 Å². The Bertz CT molecular complexity index is 800. The summed E-state index contributed by atoms with van der Waals surface area (Å²) in [6.45, 7) is 2.15. The molecule has 0 radical (unpaired) electrons. The Morgan fingerprint density at radius 1 is 0.926 bits per heavy atom. The minimum Gasteiger partial charge on any atom is -0.481 e. The Morgan fingerprint density at radius 2 is 1.41 bits per heavy atom. The lowest BCUT2D eigenvalue weighted by atomic mass is 10.1. The van der Waals surface area contributed by atoms with Gasteiger partial charge in [-0.25, -0.2) is 4.79 Å². The van der Waals surface area contributed by atoms with Crippen LogP contribution in [0.3, 0.4) is 0 Å². The number of aryl methyl sites for hydroxylation is 1. The number of rotatable bonds is 7. The number of nitrogens with zero attached hydrogens (tertiary/aromatic N) is 3. The first-order valence-corrected chi connectivity index (χ1v) is 9.07. The zero-order valence-electron chi connectivity index (χ0n) is 15.8. The van der Waals surface area contributed by atoms with Crippen molar-refractivity contribution < 1.29 is 14.7 Å². The molecule has 0 atom stereocenters. The molecule has 6 nitrogen and oxygen atoms in total. The summed E-state index contributed by atoms with van der Waals surface area (Å²) in [4.78, 5) is 29.2. The van der Waals surface area contributed by atoms with Crippen LogP contribution < -0.4 is 9.80 Å². The van der Waals surface area contributed by atoms with Crippen molar-refractivity contribution >= 4 is 23.4 Å². The molecule has 0 spiro atoms. The maximum atomic E-state index is 12.8. The van der Waals surface area contributed by atoms with Gasteiger partial charge >= 0.3 is 12.0 Å². The van der Waals surface area contributed by atoms with E-state index in [1.54, 1.807) is 9.80 Å². The first kappa shape index (κ1) is 18.9. The number of carboxylic acids is 1. The third-order valence-corrected chi connectivity index (χ3v) is 4.63. The molecule has 1 fully saturated rings. The first-order chi connectivity index (χ1) is 12.9. The van der Waals surface area contributed by atoms with Crippen molar-refractivity contribution in [1.82, 2.24) is 4.90 Å². The topological polar surface area (TPSA) is 64.1 Å². The molecular formula is C21H25N3O3. The van der Waals surface area contributed by atoms with Gasteiger partial charge in [0.05, 0.1) is 0 Å². The van der Waals surface area contributed by atoms with Crippen LogP contribution in [0.25, 0.3) is 0 Å². The van der Waals surface area contributed by atoms with Gasteiger partial charge in [-0.1, -0.05) is 24.3 Å². The van der Waals surface area contributed by atoms with Crippen LogP contribution in [0.5, 0.6) is 0 Å². The number of aliphatic carboxylic acids is 1. The zero-order chi connectivity index (χ0) is 19.4.